The van der Waals surface area contributed by atoms with Crippen LogP contribution in [-0.2, 0) is 9.53 Å². The van der Waals surface area contributed by atoms with E-state index in [2.05, 4.69) is 5.32 Å². The molecule has 9 nitrogen and oxygen atoms in total. The summed E-state index contributed by atoms with van der Waals surface area (Å²) in [6.45, 7) is -0.603. The fourth-order valence-electron chi connectivity index (χ4n) is 2.26. The van der Waals surface area contributed by atoms with Crippen LogP contribution in [0.1, 0.15) is 10.4 Å². The predicted octanol–water partition coefficient (Wildman–Crippen LogP) is 3.13. The molecule has 10 heteroatoms. The third-order valence-electron chi connectivity index (χ3n) is 3.63. The zero-order chi connectivity index (χ0) is 20.7. The van der Waals surface area contributed by atoms with Crippen molar-refractivity contribution in [2.75, 3.05) is 32.4 Å². The van der Waals surface area contributed by atoms with E-state index < -0.39 is 29.1 Å². The smallest absolute Gasteiger partial charge is 0.345 e. The van der Waals surface area contributed by atoms with Crippen LogP contribution in [0.15, 0.2) is 41.3 Å². The van der Waals surface area contributed by atoms with E-state index in [9.17, 15) is 19.7 Å². The average Bonchev–Trinajstić information content (AvgIpc) is 2.71. The molecule has 1 amide bonds. The molecule has 0 aliphatic heterocycles. The number of methoxy groups -OCH3 is 2. The van der Waals surface area contributed by atoms with Gasteiger partial charge in [0.15, 0.2) is 18.1 Å². The van der Waals surface area contributed by atoms with Crippen molar-refractivity contribution in [1.82, 2.24) is 0 Å². The number of nitro benzene ring substituents is 1. The molecule has 0 spiro atoms. The number of esters is 1. The topological polar surface area (TPSA) is 117 Å². The number of nitro groups is 1. The second-order valence-corrected chi connectivity index (χ2v) is 6.21. The van der Waals surface area contributed by atoms with Gasteiger partial charge in [0, 0.05) is 16.6 Å². The van der Waals surface area contributed by atoms with Gasteiger partial charge in [-0.2, -0.15) is 0 Å². The second kappa shape index (κ2) is 9.60. The van der Waals surface area contributed by atoms with Crippen molar-refractivity contribution in [3.8, 4) is 11.5 Å². The number of nitrogens with zero attached hydrogens (tertiary/aromatic N) is 1. The van der Waals surface area contributed by atoms with E-state index in [-0.39, 0.29) is 17.1 Å². The maximum atomic E-state index is 12.3. The number of ether oxygens (including phenoxy) is 3. The number of carbonyl (C=O) groups is 2. The van der Waals surface area contributed by atoms with Gasteiger partial charge >= 0.3 is 5.97 Å². The Labute approximate surface area is 165 Å². The van der Waals surface area contributed by atoms with Crippen LogP contribution in [0.4, 0.5) is 11.4 Å². The van der Waals surface area contributed by atoms with Crippen LogP contribution in [-0.4, -0.2) is 43.9 Å². The number of carbonyl (C=O) groups excluding carboxylic acids is 2. The van der Waals surface area contributed by atoms with Crippen molar-refractivity contribution >= 4 is 35.0 Å². The molecule has 2 aromatic rings. The van der Waals surface area contributed by atoms with Gasteiger partial charge in [0.25, 0.3) is 11.6 Å². The normalized spacial score (nSPS) is 10.1. The third kappa shape index (κ3) is 5.13. The van der Waals surface area contributed by atoms with E-state index in [0.29, 0.717) is 5.69 Å². The van der Waals surface area contributed by atoms with Crippen molar-refractivity contribution in [1.29, 1.82) is 0 Å². The first kappa shape index (κ1) is 21.0. The highest BCUT2D eigenvalue weighted by molar-refractivity contribution is 7.98. The molecule has 2 aromatic carbocycles. The molecule has 148 valence electrons. The van der Waals surface area contributed by atoms with Gasteiger partial charge in [0.05, 0.1) is 25.2 Å². The Morgan fingerprint density at radius 2 is 1.71 bits per heavy atom. The van der Waals surface area contributed by atoms with Crippen LogP contribution < -0.4 is 14.8 Å². The second-order valence-electron chi connectivity index (χ2n) is 5.33. The number of thioether (sulfide) groups is 1. The van der Waals surface area contributed by atoms with Gasteiger partial charge in [0.1, 0.15) is 5.56 Å². The summed E-state index contributed by atoms with van der Waals surface area (Å²) in [5, 5.41) is 13.8. The molecule has 0 aliphatic rings. The Morgan fingerprint density at radius 3 is 2.25 bits per heavy atom. The van der Waals surface area contributed by atoms with E-state index in [0.717, 1.165) is 17.0 Å². The molecule has 0 aromatic heterocycles. The van der Waals surface area contributed by atoms with E-state index in [1.165, 1.54) is 14.2 Å². The molecule has 0 aliphatic carbocycles. The van der Waals surface area contributed by atoms with E-state index in [1.54, 1.807) is 23.9 Å². The highest BCUT2D eigenvalue weighted by Gasteiger charge is 2.26. The summed E-state index contributed by atoms with van der Waals surface area (Å²) in [5.41, 5.74) is -0.327. The van der Waals surface area contributed by atoms with Crippen LogP contribution >= 0.6 is 11.8 Å². The first-order chi connectivity index (χ1) is 13.4. The minimum Gasteiger partial charge on any atom is -0.493 e. The maximum Gasteiger partial charge on any atom is 0.345 e. The van der Waals surface area contributed by atoms with Gasteiger partial charge in [-0.1, -0.05) is 0 Å². The predicted molar refractivity (Wildman–Crippen MR) is 103 cm³/mol. The van der Waals surface area contributed by atoms with Crippen LogP contribution in [0, 0.1) is 10.1 Å². The van der Waals surface area contributed by atoms with Crippen LogP contribution in [0.2, 0.25) is 0 Å². The minimum atomic E-state index is -1.03. The molecular weight excluding hydrogens is 388 g/mol. The lowest BCUT2D eigenvalue weighted by Gasteiger charge is -2.11. The minimum absolute atomic E-state index is 0.0946. The fourth-order valence-corrected chi connectivity index (χ4v) is 2.67. The number of nitrogens with one attached hydrogen (secondary N) is 1. The Kier molecular flexibility index (Phi) is 7.21. The number of benzene rings is 2. The average molecular weight is 406 g/mol. The Bertz CT molecular complexity index is 884. The number of hydrogen-bond acceptors (Lipinski definition) is 8. The first-order valence-corrected chi connectivity index (χ1v) is 9.13. The third-order valence-corrected chi connectivity index (χ3v) is 4.37. The van der Waals surface area contributed by atoms with Gasteiger partial charge in [-0.25, -0.2) is 4.79 Å². The number of rotatable bonds is 8. The molecule has 28 heavy (non-hydrogen) atoms. The van der Waals surface area contributed by atoms with Crippen LogP contribution in [0.3, 0.4) is 0 Å². The Hall–Kier alpha value is -3.27. The van der Waals surface area contributed by atoms with E-state index in [1.807, 2.05) is 18.4 Å². The summed E-state index contributed by atoms with van der Waals surface area (Å²) in [5.74, 6) is -1.38. The number of anilines is 1. The van der Waals surface area contributed by atoms with Gasteiger partial charge < -0.3 is 19.5 Å². The standard InChI is InChI=1S/C18H18N2O7S/c1-25-15-8-13(14(20(23)24)9-16(15)26-2)18(22)27-10-17(21)19-11-4-6-12(28-3)7-5-11/h4-9H,10H2,1-3H3,(H,19,21). The summed E-state index contributed by atoms with van der Waals surface area (Å²) in [7, 11) is 2.64. The van der Waals surface area contributed by atoms with E-state index >= 15 is 0 Å². The molecule has 0 heterocycles. The molecule has 1 N–H and O–H groups in total. The zero-order valence-corrected chi connectivity index (χ0v) is 16.2. The molecule has 0 saturated heterocycles. The zero-order valence-electron chi connectivity index (χ0n) is 15.4. The van der Waals surface area contributed by atoms with E-state index in [4.69, 9.17) is 14.2 Å². The lowest BCUT2D eigenvalue weighted by atomic mass is 10.1. The van der Waals surface area contributed by atoms with Gasteiger partial charge in [-0.3, -0.25) is 14.9 Å². The molecule has 0 bridgehead atoms. The highest BCUT2D eigenvalue weighted by Crippen LogP contribution is 2.34. The van der Waals surface area contributed by atoms with Crippen LogP contribution in [0.5, 0.6) is 11.5 Å². The monoisotopic (exact) mass is 406 g/mol. The first-order valence-electron chi connectivity index (χ1n) is 7.91. The lowest BCUT2D eigenvalue weighted by Crippen LogP contribution is -2.21. The molecular formula is C18H18N2O7S. The summed E-state index contributed by atoms with van der Waals surface area (Å²) in [6, 6.07) is 9.29. The summed E-state index contributed by atoms with van der Waals surface area (Å²) >= 11 is 1.56. The SMILES string of the molecule is COc1cc(C(=O)OCC(=O)Nc2ccc(SC)cc2)c([N+](=O)[O-])cc1OC. The largest absolute Gasteiger partial charge is 0.493 e. The van der Waals surface area contributed by atoms with Crippen molar-refractivity contribution in [2.24, 2.45) is 0 Å². The maximum absolute atomic E-state index is 12.3. The Balaban J connectivity index is 2.09. The summed E-state index contributed by atoms with van der Waals surface area (Å²) in [4.78, 5) is 35.8. The van der Waals surface area contributed by atoms with Gasteiger partial charge in [-0.05, 0) is 30.5 Å². The van der Waals surface area contributed by atoms with Crippen molar-refractivity contribution in [3.05, 3.63) is 52.1 Å². The van der Waals surface area contributed by atoms with Crippen molar-refractivity contribution in [3.63, 3.8) is 0 Å². The van der Waals surface area contributed by atoms with Crippen molar-refractivity contribution < 1.29 is 28.7 Å². The summed E-state index contributed by atoms with van der Waals surface area (Å²) in [6.07, 6.45) is 1.93. The van der Waals surface area contributed by atoms with Gasteiger partial charge in [0.2, 0.25) is 0 Å². The molecule has 0 radical (unpaired) electrons. The lowest BCUT2D eigenvalue weighted by molar-refractivity contribution is -0.385. The highest BCUT2D eigenvalue weighted by atomic mass is 32.2. The molecule has 0 atom stereocenters. The molecule has 2 rings (SSSR count). The van der Waals surface area contributed by atoms with Crippen molar-refractivity contribution in [2.45, 2.75) is 4.90 Å². The van der Waals surface area contributed by atoms with Crippen LogP contribution in [0.25, 0.3) is 0 Å². The molecule has 0 saturated carbocycles. The van der Waals surface area contributed by atoms with Gasteiger partial charge in [-0.15, -0.1) is 11.8 Å². The Morgan fingerprint density at radius 1 is 1.11 bits per heavy atom. The fraction of sp³-hybridized carbons (Fsp3) is 0.222. The number of amides is 1. The number of hydrogen-bond donors (Lipinski definition) is 1. The quantitative estimate of drug-likeness (QED) is 0.308. The molecule has 0 fully saturated rings. The molecule has 0 unspecified atom stereocenters. The summed E-state index contributed by atoms with van der Waals surface area (Å²) < 4.78 is 15.0.